The average Bonchev–Trinajstić information content (AvgIpc) is 2.41. The molecule has 20 heavy (non-hydrogen) atoms. The van der Waals surface area contributed by atoms with Crippen molar-refractivity contribution in [3.8, 4) is 0 Å². The maximum Gasteiger partial charge on any atom is 0.222 e. The minimum absolute atomic E-state index is 0.103. The summed E-state index contributed by atoms with van der Waals surface area (Å²) < 4.78 is 0. The van der Waals surface area contributed by atoms with Gasteiger partial charge in [-0.25, -0.2) is 0 Å². The molecule has 0 radical (unpaired) electrons. The zero-order valence-corrected chi connectivity index (χ0v) is 13.6. The van der Waals surface area contributed by atoms with Crippen LogP contribution in [0.2, 0.25) is 0 Å². The summed E-state index contributed by atoms with van der Waals surface area (Å²) in [5.41, 5.74) is 0. The maximum absolute atomic E-state index is 11.7. The molecule has 5 heteroatoms. The first-order valence-electron chi connectivity index (χ1n) is 7.24. The van der Waals surface area contributed by atoms with Crippen LogP contribution in [0.4, 0.5) is 0 Å². The molecule has 1 fully saturated rings. The van der Waals surface area contributed by atoms with Crippen molar-refractivity contribution in [2.75, 3.05) is 26.2 Å². The zero-order chi connectivity index (χ0) is 16.1. The zero-order valence-electron chi connectivity index (χ0n) is 13.6. The number of piperazine rings is 1. The van der Waals surface area contributed by atoms with E-state index in [9.17, 15) is 9.59 Å². The van der Waals surface area contributed by atoms with Crippen molar-refractivity contribution < 1.29 is 14.4 Å². The fourth-order valence-electron chi connectivity index (χ4n) is 1.75. The van der Waals surface area contributed by atoms with Crippen molar-refractivity contribution in [3.05, 3.63) is 0 Å². The SMILES string of the molecule is C=O.CC(=O)N1CCN(C(=O)CC(C)C)CC1.CCC. The molecule has 1 rings (SSSR count). The number of nitrogens with zero attached hydrogens (tertiary/aromatic N) is 2. The highest BCUT2D eigenvalue weighted by Gasteiger charge is 2.22. The molecule has 1 heterocycles. The maximum atomic E-state index is 11.7. The molecule has 0 bridgehead atoms. The van der Waals surface area contributed by atoms with E-state index in [0.717, 1.165) is 0 Å². The van der Waals surface area contributed by atoms with Crippen LogP contribution >= 0.6 is 0 Å². The Bertz CT molecular complexity index is 272. The molecule has 0 aromatic rings. The third-order valence-corrected chi connectivity index (χ3v) is 2.66. The van der Waals surface area contributed by atoms with Gasteiger partial charge in [0.2, 0.25) is 11.8 Å². The van der Waals surface area contributed by atoms with E-state index in [4.69, 9.17) is 4.79 Å². The van der Waals surface area contributed by atoms with Gasteiger partial charge in [0.1, 0.15) is 6.79 Å². The molecule has 1 aliphatic heterocycles. The first-order valence-corrected chi connectivity index (χ1v) is 7.24. The monoisotopic (exact) mass is 286 g/mol. The molecule has 118 valence electrons. The van der Waals surface area contributed by atoms with E-state index < -0.39 is 0 Å². The van der Waals surface area contributed by atoms with Crippen LogP contribution in [-0.4, -0.2) is 54.6 Å². The molecule has 0 N–H and O–H groups in total. The van der Waals surface area contributed by atoms with Crippen molar-refractivity contribution in [2.24, 2.45) is 5.92 Å². The molecule has 0 unspecified atom stereocenters. The van der Waals surface area contributed by atoms with Gasteiger partial charge in [0, 0.05) is 39.5 Å². The molecule has 0 saturated carbocycles. The van der Waals surface area contributed by atoms with E-state index in [1.165, 1.54) is 6.42 Å². The fourth-order valence-corrected chi connectivity index (χ4v) is 1.75. The topological polar surface area (TPSA) is 57.7 Å². The normalized spacial score (nSPS) is 13.9. The lowest BCUT2D eigenvalue weighted by Crippen LogP contribution is -2.50. The molecule has 5 nitrogen and oxygen atoms in total. The molecule has 0 aromatic heterocycles. The molecule has 1 saturated heterocycles. The van der Waals surface area contributed by atoms with E-state index in [-0.39, 0.29) is 11.8 Å². The van der Waals surface area contributed by atoms with Crippen molar-refractivity contribution in [1.29, 1.82) is 0 Å². The summed E-state index contributed by atoms with van der Waals surface area (Å²) >= 11 is 0. The second-order valence-corrected chi connectivity index (χ2v) is 5.19. The summed E-state index contributed by atoms with van der Waals surface area (Å²) in [5.74, 6) is 0.725. The minimum atomic E-state index is 0.103. The van der Waals surface area contributed by atoms with E-state index in [2.05, 4.69) is 13.8 Å². The Labute approximate surface area is 123 Å². The van der Waals surface area contributed by atoms with Gasteiger partial charge in [0.25, 0.3) is 0 Å². The molecule has 0 aromatic carbocycles. The van der Waals surface area contributed by atoms with Crippen LogP contribution < -0.4 is 0 Å². The van der Waals surface area contributed by atoms with Crippen molar-refractivity contribution in [2.45, 2.75) is 47.5 Å². The molecule has 0 spiro atoms. The van der Waals surface area contributed by atoms with Gasteiger partial charge in [-0.3, -0.25) is 9.59 Å². The van der Waals surface area contributed by atoms with Crippen LogP contribution in [0.1, 0.15) is 47.5 Å². The van der Waals surface area contributed by atoms with Gasteiger partial charge in [-0.2, -0.15) is 0 Å². The van der Waals surface area contributed by atoms with Crippen molar-refractivity contribution in [3.63, 3.8) is 0 Å². The van der Waals surface area contributed by atoms with E-state index >= 15 is 0 Å². The molecular formula is C15H30N2O3. The number of amides is 2. The lowest BCUT2D eigenvalue weighted by Gasteiger charge is -2.34. The number of hydrogen-bond acceptors (Lipinski definition) is 3. The van der Waals surface area contributed by atoms with Crippen molar-refractivity contribution >= 4 is 18.6 Å². The Balaban J connectivity index is 0. The highest BCUT2D eigenvalue weighted by molar-refractivity contribution is 5.77. The van der Waals surface area contributed by atoms with Crippen molar-refractivity contribution in [1.82, 2.24) is 9.80 Å². The molecular weight excluding hydrogens is 256 g/mol. The summed E-state index contributed by atoms with van der Waals surface area (Å²) in [6.07, 6.45) is 1.86. The van der Waals surface area contributed by atoms with Crippen LogP contribution in [0.15, 0.2) is 0 Å². The Morgan fingerprint density at radius 2 is 1.35 bits per heavy atom. The Kier molecular flexibility index (Phi) is 13.2. The molecule has 2 amide bonds. The lowest BCUT2D eigenvalue weighted by atomic mass is 10.1. The average molecular weight is 286 g/mol. The van der Waals surface area contributed by atoms with Gasteiger partial charge in [-0.15, -0.1) is 0 Å². The first kappa shape index (κ1) is 20.9. The highest BCUT2D eigenvalue weighted by Crippen LogP contribution is 2.08. The predicted octanol–water partition coefficient (Wildman–Crippen LogP) is 1.95. The summed E-state index contributed by atoms with van der Waals surface area (Å²) in [5, 5.41) is 0. The molecule has 0 atom stereocenters. The Hall–Kier alpha value is -1.39. The van der Waals surface area contributed by atoms with Gasteiger partial charge in [-0.05, 0) is 5.92 Å². The first-order chi connectivity index (χ1) is 9.42. The Morgan fingerprint density at radius 1 is 1.00 bits per heavy atom. The number of hydrogen-bond donors (Lipinski definition) is 0. The Morgan fingerprint density at radius 3 is 1.65 bits per heavy atom. The van der Waals surface area contributed by atoms with E-state index in [1.807, 2.05) is 25.5 Å². The smallest absolute Gasteiger partial charge is 0.222 e. The van der Waals surface area contributed by atoms with E-state index in [0.29, 0.717) is 38.5 Å². The van der Waals surface area contributed by atoms with Gasteiger partial charge >= 0.3 is 0 Å². The quantitative estimate of drug-likeness (QED) is 0.779. The van der Waals surface area contributed by atoms with Gasteiger partial charge < -0.3 is 14.6 Å². The summed E-state index contributed by atoms with van der Waals surface area (Å²) in [6, 6.07) is 0. The fraction of sp³-hybridized carbons (Fsp3) is 0.800. The van der Waals surface area contributed by atoms with Crippen LogP contribution in [0.3, 0.4) is 0 Å². The predicted molar refractivity (Wildman–Crippen MR) is 81.4 cm³/mol. The van der Waals surface area contributed by atoms with Crippen LogP contribution in [-0.2, 0) is 14.4 Å². The third kappa shape index (κ3) is 9.53. The van der Waals surface area contributed by atoms with Gasteiger partial charge in [0.15, 0.2) is 0 Å². The van der Waals surface area contributed by atoms with Crippen LogP contribution in [0.25, 0.3) is 0 Å². The second kappa shape index (κ2) is 12.6. The van der Waals surface area contributed by atoms with Crippen LogP contribution in [0.5, 0.6) is 0 Å². The number of carbonyl (C=O) groups is 3. The van der Waals surface area contributed by atoms with E-state index in [1.54, 1.807) is 11.8 Å². The molecule has 1 aliphatic rings. The second-order valence-electron chi connectivity index (χ2n) is 5.19. The number of carbonyl (C=O) groups excluding carboxylic acids is 3. The standard InChI is InChI=1S/C11H20N2O2.C3H8.CH2O/c1-9(2)8-11(15)13-6-4-12(5-7-13)10(3)14;1-3-2;1-2/h9H,4-8H2,1-3H3;3H2,1-2H3;1H2. The summed E-state index contributed by atoms with van der Waals surface area (Å²) in [6.45, 7) is 14.6. The van der Waals surface area contributed by atoms with Crippen LogP contribution in [0, 0.1) is 5.92 Å². The lowest BCUT2D eigenvalue weighted by molar-refractivity contribution is -0.138. The van der Waals surface area contributed by atoms with Gasteiger partial charge in [0.05, 0.1) is 0 Å². The summed E-state index contributed by atoms with van der Waals surface area (Å²) in [7, 11) is 0. The van der Waals surface area contributed by atoms with Gasteiger partial charge in [-0.1, -0.05) is 34.1 Å². The number of rotatable bonds is 2. The third-order valence-electron chi connectivity index (χ3n) is 2.66. The highest BCUT2D eigenvalue weighted by atomic mass is 16.2. The summed E-state index contributed by atoms with van der Waals surface area (Å²) in [4.78, 5) is 34.4. The molecule has 0 aliphatic carbocycles. The largest absolute Gasteiger partial charge is 0.339 e. The minimum Gasteiger partial charge on any atom is -0.339 e.